The molecule has 1 saturated heterocycles. The SMILES string of the molecule is CN1C[C@@H](C(=O)NCc2ccc(F)cc2Cl)N(C)C1=O. The molecule has 1 aliphatic heterocycles. The van der Waals surface area contributed by atoms with E-state index in [2.05, 4.69) is 5.32 Å². The van der Waals surface area contributed by atoms with Crippen LogP contribution in [-0.2, 0) is 11.3 Å². The highest BCUT2D eigenvalue weighted by Crippen LogP contribution is 2.17. The molecule has 0 saturated carbocycles. The summed E-state index contributed by atoms with van der Waals surface area (Å²) in [6, 6.07) is 3.29. The topological polar surface area (TPSA) is 52.7 Å². The van der Waals surface area contributed by atoms with Gasteiger partial charge in [0.15, 0.2) is 0 Å². The lowest BCUT2D eigenvalue weighted by molar-refractivity contribution is -0.124. The summed E-state index contributed by atoms with van der Waals surface area (Å²) in [6.07, 6.45) is 0. The number of hydrogen-bond acceptors (Lipinski definition) is 2. The van der Waals surface area contributed by atoms with Crippen LogP contribution in [0.5, 0.6) is 0 Å². The highest BCUT2D eigenvalue weighted by Gasteiger charge is 2.36. The van der Waals surface area contributed by atoms with Crippen LogP contribution in [0, 0.1) is 5.82 Å². The molecule has 1 fully saturated rings. The molecular formula is C13H15ClFN3O2. The minimum Gasteiger partial charge on any atom is -0.350 e. The summed E-state index contributed by atoms with van der Waals surface area (Å²) in [4.78, 5) is 26.5. The molecule has 1 aliphatic rings. The van der Waals surface area contributed by atoms with Crippen LogP contribution in [0.2, 0.25) is 5.02 Å². The zero-order chi connectivity index (χ0) is 14.9. The summed E-state index contributed by atoms with van der Waals surface area (Å²) < 4.78 is 12.9. The molecule has 20 heavy (non-hydrogen) atoms. The van der Waals surface area contributed by atoms with E-state index >= 15 is 0 Å². The van der Waals surface area contributed by atoms with Gasteiger partial charge in [-0.2, -0.15) is 0 Å². The molecule has 0 bridgehead atoms. The molecule has 1 N–H and O–H groups in total. The van der Waals surface area contributed by atoms with E-state index in [0.29, 0.717) is 12.1 Å². The summed E-state index contributed by atoms with van der Waals surface area (Å²) in [5.41, 5.74) is 0.627. The molecule has 2 rings (SSSR count). The van der Waals surface area contributed by atoms with Crippen molar-refractivity contribution in [3.8, 4) is 0 Å². The Morgan fingerprint density at radius 3 is 2.75 bits per heavy atom. The van der Waals surface area contributed by atoms with Crippen molar-refractivity contribution in [1.29, 1.82) is 0 Å². The standard InChI is InChI=1S/C13H15ClFN3O2/c1-17-7-11(18(2)13(17)20)12(19)16-6-8-3-4-9(15)5-10(8)14/h3-5,11H,6-7H2,1-2H3,(H,16,19)/t11-/m0/s1. The number of likely N-dealkylation sites (N-methyl/N-ethyl adjacent to an activating group) is 2. The van der Waals surface area contributed by atoms with Gasteiger partial charge in [0.05, 0.1) is 6.54 Å². The summed E-state index contributed by atoms with van der Waals surface area (Å²) in [7, 11) is 3.23. The number of amides is 3. The van der Waals surface area contributed by atoms with E-state index in [-0.39, 0.29) is 23.5 Å². The van der Waals surface area contributed by atoms with Crippen molar-refractivity contribution >= 4 is 23.5 Å². The normalized spacial score (nSPS) is 18.6. The number of hydrogen-bond donors (Lipinski definition) is 1. The van der Waals surface area contributed by atoms with Gasteiger partial charge in [0, 0.05) is 25.7 Å². The monoisotopic (exact) mass is 299 g/mol. The summed E-state index contributed by atoms with van der Waals surface area (Å²) in [6.45, 7) is 0.540. The quantitative estimate of drug-likeness (QED) is 0.919. The Kier molecular flexibility index (Phi) is 4.13. The van der Waals surface area contributed by atoms with E-state index in [1.165, 1.54) is 28.0 Å². The number of nitrogens with one attached hydrogen (secondary N) is 1. The summed E-state index contributed by atoms with van der Waals surface area (Å²) in [5, 5.41) is 2.97. The predicted molar refractivity (Wildman–Crippen MR) is 72.8 cm³/mol. The average molecular weight is 300 g/mol. The number of urea groups is 1. The van der Waals surface area contributed by atoms with Crippen molar-refractivity contribution in [1.82, 2.24) is 15.1 Å². The van der Waals surface area contributed by atoms with Crippen molar-refractivity contribution in [3.63, 3.8) is 0 Å². The number of carbonyl (C=O) groups excluding carboxylic acids is 2. The van der Waals surface area contributed by atoms with E-state index < -0.39 is 11.9 Å². The second kappa shape index (κ2) is 5.66. The lowest BCUT2D eigenvalue weighted by Crippen LogP contribution is -2.43. The number of nitrogens with zero attached hydrogens (tertiary/aromatic N) is 2. The van der Waals surface area contributed by atoms with Crippen LogP contribution < -0.4 is 5.32 Å². The fraction of sp³-hybridized carbons (Fsp3) is 0.385. The fourth-order valence-electron chi connectivity index (χ4n) is 2.09. The molecule has 0 aromatic heterocycles. The van der Waals surface area contributed by atoms with Crippen molar-refractivity contribution in [2.24, 2.45) is 0 Å². The van der Waals surface area contributed by atoms with Gasteiger partial charge >= 0.3 is 6.03 Å². The number of halogens is 2. The minimum atomic E-state index is -0.522. The zero-order valence-electron chi connectivity index (χ0n) is 11.2. The van der Waals surface area contributed by atoms with Crippen molar-refractivity contribution in [3.05, 3.63) is 34.6 Å². The largest absolute Gasteiger partial charge is 0.350 e. The lowest BCUT2D eigenvalue weighted by atomic mass is 10.2. The maximum atomic E-state index is 12.9. The molecule has 0 aliphatic carbocycles. The molecule has 108 valence electrons. The number of benzene rings is 1. The highest BCUT2D eigenvalue weighted by molar-refractivity contribution is 6.31. The van der Waals surface area contributed by atoms with Crippen LogP contribution in [0.15, 0.2) is 18.2 Å². The summed E-state index contributed by atoms with van der Waals surface area (Å²) in [5.74, 6) is -0.682. The van der Waals surface area contributed by atoms with Gasteiger partial charge in [-0.1, -0.05) is 17.7 Å². The maximum absolute atomic E-state index is 12.9. The third-order valence-electron chi connectivity index (χ3n) is 3.31. The summed E-state index contributed by atoms with van der Waals surface area (Å²) >= 11 is 5.88. The third kappa shape index (κ3) is 2.85. The van der Waals surface area contributed by atoms with Crippen molar-refractivity contribution in [2.45, 2.75) is 12.6 Å². The van der Waals surface area contributed by atoms with Crippen LogP contribution in [0.25, 0.3) is 0 Å². The second-order valence-corrected chi connectivity index (χ2v) is 5.15. The Hall–Kier alpha value is -1.82. The van der Waals surface area contributed by atoms with Crippen LogP contribution >= 0.6 is 11.6 Å². The Morgan fingerprint density at radius 1 is 1.50 bits per heavy atom. The molecule has 1 aromatic carbocycles. The molecule has 0 spiro atoms. The lowest BCUT2D eigenvalue weighted by Gasteiger charge is -2.17. The van der Waals surface area contributed by atoms with Gasteiger partial charge in [0.25, 0.3) is 0 Å². The maximum Gasteiger partial charge on any atom is 0.320 e. The molecule has 7 heteroatoms. The van der Waals surface area contributed by atoms with E-state index in [1.54, 1.807) is 14.1 Å². The average Bonchev–Trinajstić information content (AvgIpc) is 2.65. The molecule has 1 heterocycles. The van der Waals surface area contributed by atoms with Crippen LogP contribution in [0.1, 0.15) is 5.56 Å². The first-order chi connectivity index (χ1) is 9.40. The van der Waals surface area contributed by atoms with Crippen LogP contribution in [0.3, 0.4) is 0 Å². The van der Waals surface area contributed by atoms with Gasteiger partial charge in [0.1, 0.15) is 11.9 Å². The molecule has 0 radical (unpaired) electrons. The third-order valence-corrected chi connectivity index (χ3v) is 3.67. The number of rotatable bonds is 3. The zero-order valence-corrected chi connectivity index (χ0v) is 11.9. The van der Waals surface area contributed by atoms with Gasteiger partial charge in [-0.15, -0.1) is 0 Å². The number of carbonyl (C=O) groups is 2. The Morgan fingerprint density at radius 2 is 2.20 bits per heavy atom. The van der Waals surface area contributed by atoms with Crippen LogP contribution in [-0.4, -0.2) is 48.4 Å². The first-order valence-corrected chi connectivity index (χ1v) is 6.47. The van der Waals surface area contributed by atoms with Gasteiger partial charge in [-0.05, 0) is 17.7 Å². The van der Waals surface area contributed by atoms with Gasteiger partial charge in [-0.25, -0.2) is 9.18 Å². The molecular weight excluding hydrogens is 285 g/mol. The van der Waals surface area contributed by atoms with Crippen molar-refractivity contribution < 1.29 is 14.0 Å². The highest BCUT2D eigenvalue weighted by atomic mass is 35.5. The molecule has 3 amide bonds. The van der Waals surface area contributed by atoms with Gasteiger partial charge in [0.2, 0.25) is 5.91 Å². The molecule has 0 unspecified atom stereocenters. The van der Waals surface area contributed by atoms with E-state index in [1.807, 2.05) is 0 Å². The Bertz CT molecular complexity index is 552. The Labute approximate surface area is 121 Å². The molecule has 5 nitrogen and oxygen atoms in total. The minimum absolute atomic E-state index is 0.190. The first kappa shape index (κ1) is 14.6. The van der Waals surface area contributed by atoms with Crippen LogP contribution in [0.4, 0.5) is 9.18 Å². The first-order valence-electron chi connectivity index (χ1n) is 6.09. The molecule has 1 atom stereocenters. The predicted octanol–water partition coefficient (Wildman–Crippen LogP) is 1.46. The molecule has 1 aromatic rings. The van der Waals surface area contributed by atoms with E-state index in [4.69, 9.17) is 11.6 Å². The van der Waals surface area contributed by atoms with E-state index in [9.17, 15) is 14.0 Å². The van der Waals surface area contributed by atoms with E-state index in [0.717, 1.165) is 0 Å². The van der Waals surface area contributed by atoms with Gasteiger partial charge in [-0.3, -0.25) is 4.79 Å². The van der Waals surface area contributed by atoms with Crippen molar-refractivity contribution in [2.75, 3.05) is 20.6 Å². The fourth-order valence-corrected chi connectivity index (χ4v) is 2.32. The smallest absolute Gasteiger partial charge is 0.320 e. The van der Waals surface area contributed by atoms with Gasteiger partial charge < -0.3 is 15.1 Å². The Balaban J connectivity index is 1.97. The second-order valence-electron chi connectivity index (χ2n) is 4.74.